The summed E-state index contributed by atoms with van der Waals surface area (Å²) in [6.07, 6.45) is 2.51. The topological polar surface area (TPSA) is 29.5 Å². The molecule has 4 rings (SSSR count). The fourth-order valence-electron chi connectivity index (χ4n) is 3.22. The summed E-state index contributed by atoms with van der Waals surface area (Å²) in [6, 6.07) is 16.2. The molecule has 2 aromatic rings. The predicted octanol–water partition coefficient (Wildman–Crippen LogP) is 2.43. The van der Waals surface area contributed by atoms with E-state index in [-0.39, 0.29) is 10.6 Å². The van der Waals surface area contributed by atoms with Crippen LogP contribution in [0.15, 0.2) is 48.5 Å². The van der Waals surface area contributed by atoms with Crippen molar-refractivity contribution in [1.29, 1.82) is 0 Å². The van der Waals surface area contributed by atoms with Gasteiger partial charge in [-0.15, -0.1) is 0 Å². The molecule has 116 valence electrons. The van der Waals surface area contributed by atoms with Crippen LogP contribution in [0.5, 0.6) is 0 Å². The summed E-state index contributed by atoms with van der Waals surface area (Å²) in [5.41, 5.74) is 3.35. The lowest BCUT2D eigenvalue weighted by molar-refractivity contribution is -0.118. The Morgan fingerprint density at radius 1 is 1.13 bits per heavy atom. The first-order valence-electron chi connectivity index (χ1n) is 7.65. The largest absolute Gasteiger partial charge is 0.298 e. The quantitative estimate of drug-likeness (QED) is 0.778. The molecule has 1 aliphatic heterocycles. The van der Waals surface area contributed by atoms with Gasteiger partial charge in [0, 0.05) is 17.8 Å². The van der Waals surface area contributed by atoms with Crippen molar-refractivity contribution in [3.05, 3.63) is 70.1 Å². The van der Waals surface area contributed by atoms with Gasteiger partial charge in [-0.3, -0.25) is 14.7 Å². The second kappa shape index (κ2) is 5.95. The summed E-state index contributed by atoms with van der Waals surface area (Å²) < 4.78 is 0. The van der Waals surface area contributed by atoms with E-state index in [0.717, 1.165) is 21.9 Å². The number of hydrogen-bond acceptors (Lipinski definition) is 3. The average Bonchev–Trinajstić information content (AvgIpc) is 2.58. The lowest BCUT2D eigenvalue weighted by atomic mass is 9.90. The Morgan fingerprint density at radius 3 is 2.78 bits per heavy atom. The van der Waals surface area contributed by atoms with Crippen LogP contribution in [0.1, 0.15) is 22.4 Å². The number of carbonyl (C=O) groups excluding carboxylic acids is 1. The first-order chi connectivity index (χ1) is 11.2. The summed E-state index contributed by atoms with van der Waals surface area (Å²) in [5, 5.41) is 4.18. The van der Waals surface area contributed by atoms with Gasteiger partial charge >= 0.3 is 0 Å². The minimum absolute atomic E-state index is 0.189. The number of rotatable bonds is 3. The van der Waals surface area contributed by atoms with Crippen molar-refractivity contribution >= 4 is 33.5 Å². The molecule has 1 atom stereocenters. The third-order valence-electron chi connectivity index (χ3n) is 4.30. The van der Waals surface area contributed by atoms with Gasteiger partial charge in [-0.05, 0) is 21.9 Å². The van der Waals surface area contributed by atoms with Gasteiger partial charge in [-0.2, -0.15) is 0 Å². The van der Waals surface area contributed by atoms with E-state index >= 15 is 0 Å². The van der Waals surface area contributed by atoms with Crippen molar-refractivity contribution in [3.8, 4) is 0 Å². The van der Waals surface area contributed by atoms with E-state index in [1.54, 1.807) is 0 Å². The minimum atomic E-state index is -0.189. The second-order valence-electron chi connectivity index (χ2n) is 5.88. The van der Waals surface area contributed by atoms with Gasteiger partial charge in [0.1, 0.15) is 0 Å². The van der Waals surface area contributed by atoms with Gasteiger partial charge in [0.25, 0.3) is 0 Å². The molecule has 0 N–H and O–H groups in total. The molecule has 4 heteroatoms. The number of nitrogens with zero attached hydrogens (tertiary/aromatic N) is 1. The van der Waals surface area contributed by atoms with Crippen LogP contribution < -0.4 is 10.4 Å². The summed E-state index contributed by atoms with van der Waals surface area (Å²) in [7, 11) is 0. The predicted molar refractivity (Wildman–Crippen MR) is 92.8 cm³/mol. The molecule has 23 heavy (non-hydrogen) atoms. The number of hydroxylamine groups is 2. The van der Waals surface area contributed by atoms with Gasteiger partial charge in [0.2, 0.25) is 0 Å². The summed E-state index contributed by atoms with van der Waals surface area (Å²) in [6.45, 7) is 1.16. The van der Waals surface area contributed by atoms with E-state index in [9.17, 15) is 4.79 Å². The number of Topliss-reactive ketones (excluding diaryl/α,β-unsaturated/α-hetero) is 1. The third-order valence-corrected chi connectivity index (χ3v) is 5.30. The Hall–Kier alpha value is -1.91. The Balaban J connectivity index is 1.65. The molecule has 0 amide bonds. The van der Waals surface area contributed by atoms with Crippen molar-refractivity contribution in [3.63, 3.8) is 0 Å². The smallest absolute Gasteiger partial charge is 0.155 e. The molecule has 1 unspecified atom stereocenters. The molecule has 0 radical (unpaired) electrons. The molecule has 0 fully saturated rings. The van der Waals surface area contributed by atoms with Gasteiger partial charge in [0.05, 0.1) is 18.0 Å². The van der Waals surface area contributed by atoms with E-state index in [1.165, 1.54) is 5.22 Å². The molecular formula is C19H16BrNO2. The van der Waals surface area contributed by atoms with Crippen LogP contribution in [0.3, 0.4) is 0 Å². The molecule has 0 saturated heterocycles. The molecule has 0 aromatic heterocycles. The zero-order valence-electron chi connectivity index (χ0n) is 12.5. The lowest BCUT2D eigenvalue weighted by Crippen LogP contribution is -2.44. The molecule has 1 aliphatic carbocycles. The zero-order valence-corrected chi connectivity index (χ0v) is 14.1. The van der Waals surface area contributed by atoms with Gasteiger partial charge < -0.3 is 0 Å². The van der Waals surface area contributed by atoms with E-state index in [4.69, 9.17) is 4.84 Å². The molecular weight excluding hydrogens is 354 g/mol. The fraction of sp³-hybridized carbons (Fsp3) is 0.211. The minimum Gasteiger partial charge on any atom is -0.298 e. The summed E-state index contributed by atoms with van der Waals surface area (Å²) in [5.74, 6) is 0.217. The third kappa shape index (κ3) is 2.73. The maximum atomic E-state index is 12.2. The highest BCUT2D eigenvalue weighted by molar-refractivity contribution is 9.09. The molecule has 2 aromatic carbocycles. The van der Waals surface area contributed by atoms with E-state index < -0.39 is 0 Å². The zero-order chi connectivity index (χ0) is 15.8. The van der Waals surface area contributed by atoms with Crippen LogP contribution in [-0.2, 0) is 16.2 Å². The highest BCUT2D eigenvalue weighted by atomic mass is 79.9. The van der Waals surface area contributed by atoms with Gasteiger partial charge in [0.15, 0.2) is 5.78 Å². The average molecular weight is 370 g/mol. The second-order valence-corrected chi connectivity index (χ2v) is 6.80. The van der Waals surface area contributed by atoms with Gasteiger partial charge in [-0.1, -0.05) is 64.5 Å². The number of alkyl halides is 1. The Labute approximate surface area is 143 Å². The van der Waals surface area contributed by atoms with E-state index in [0.29, 0.717) is 19.6 Å². The van der Waals surface area contributed by atoms with Crippen LogP contribution >= 0.6 is 15.9 Å². The molecule has 0 saturated carbocycles. The van der Waals surface area contributed by atoms with Crippen molar-refractivity contribution in [2.45, 2.75) is 17.9 Å². The van der Waals surface area contributed by atoms with Crippen LogP contribution in [0.4, 0.5) is 0 Å². The molecule has 2 aliphatic rings. The number of hydrogen-bond donors (Lipinski definition) is 0. The maximum Gasteiger partial charge on any atom is 0.155 e. The fourth-order valence-corrected chi connectivity index (χ4v) is 3.76. The number of benzene rings is 2. The number of carbonyl (C=O) groups is 1. The molecule has 1 heterocycles. The normalized spacial score (nSPS) is 19.3. The number of ketones is 1. The lowest BCUT2D eigenvalue weighted by Gasteiger charge is -2.28. The highest BCUT2D eigenvalue weighted by Gasteiger charge is 2.28. The monoisotopic (exact) mass is 369 g/mol. The van der Waals surface area contributed by atoms with Crippen molar-refractivity contribution in [1.82, 2.24) is 5.06 Å². The van der Waals surface area contributed by atoms with Crippen molar-refractivity contribution < 1.29 is 9.63 Å². The van der Waals surface area contributed by atoms with E-state index in [1.807, 2.05) is 53.7 Å². The summed E-state index contributed by atoms with van der Waals surface area (Å²) >= 11 is 3.52. The SMILES string of the molecule is O=C1CC2=c3c(cccc3=CN(OCc3ccccc3)C2)C1Br. The molecule has 3 nitrogen and oxygen atoms in total. The Bertz CT molecular complexity index is 876. The molecule has 0 spiro atoms. The summed E-state index contributed by atoms with van der Waals surface area (Å²) in [4.78, 5) is 17.9. The van der Waals surface area contributed by atoms with E-state index in [2.05, 4.69) is 22.0 Å². The van der Waals surface area contributed by atoms with Crippen LogP contribution in [-0.4, -0.2) is 17.4 Å². The number of halogens is 1. The first-order valence-corrected chi connectivity index (χ1v) is 8.57. The van der Waals surface area contributed by atoms with Crippen LogP contribution in [0, 0.1) is 0 Å². The van der Waals surface area contributed by atoms with Crippen LogP contribution in [0.2, 0.25) is 0 Å². The van der Waals surface area contributed by atoms with Crippen molar-refractivity contribution in [2.24, 2.45) is 0 Å². The van der Waals surface area contributed by atoms with Crippen LogP contribution in [0.25, 0.3) is 11.8 Å². The van der Waals surface area contributed by atoms with Gasteiger partial charge in [-0.25, -0.2) is 0 Å². The standard InChI is InChI=1S/C19H16BrNO2/c20-19-16-8-4-7-14-10-21(11-15(18(14)16)9-17(19)22)23-12-13-5-2-1-3-6-13/h1-8,10,19H,9,11-12H2. The Kier molecular flexibility index (Phi) is 3.79. The highest BCUT2D eigenvalue weighted by Crippen LogP contribution is 2.28. The van der Waals surface area contributed by atoms with Crippen molar-refractivity contribution in [2.75, 3.05) is 6.54 Å². The molecule has 0 bridgehead atoms. The Morgan fingerprint density at radius 2 is 1.96 bits per heavy atom. The first kappa shape index (κ1) is 14.7. The maximum absolute atomic E-state index is 12.2.